The maximum absolute atomic E-state index is 12.7. The Morgan fingerprint density at radius 2 is 1.96 bits per heavy atom. The van der Waals surface area contributed by atoms with Gasteiger partial charge in [-0.1, -0.05) is 23.7 Å². The summed E-state index contributed by atoms with van der Waals surface area (Å²) in [6.07, 6.45) is 3.48. The van der Waals surface area contributed by atoms with Crippen LogP contribution in [-0.2, 0) is 6.54 Å². The lowest BCUT2D eigenvalue weighted by Gasteiger charge is -2.12. The SMILES string of the molecule is Cc1cc(C)c(NC(=O)c2cc(C)nc(NCc3cccnc3)n2)c(Cl)c1. The molecule has 0 radical (unpaired) electrons. The highest BCUT2D eigenvalue weighted by molar-refractivity contribution is 6.34. The number of carbonyl (C=O) groups is 1. The minimum Gasteiger partial charge on any atom is -0.350 e. The Morgan fingerprint density at radius 3 is 2.67 bits per heavy atom. The Labute approximate surface area is 163 Å². The highest BCUT2D eigenvalue weighted by Crippen LogP contribution is 2.27. The number of rotatable bonds is 5. The zero-order valence-corrected chi connectivity index (χ0v) is 16.1. The Kier molecular flexibility index (Phi) is 5.66. The molecule has 0 atom stereocenters. The summed E-state index contributed by atoms with van der Waals surface area (Å²) in [5.41, 5.74) is 4.48. The fourth-order valence-corrected chi connectivity index (χ4v) is 3.07. The van der Waals surface area contributed by atoms with Gasteiger partial charge in [-0.05, 0) is 55.7 Å². The van der Waals surface area contributed by atoms with Gasteiger partial charge in [-0.3, -0.25) is 9.78 Å². The monoisotopic (exact) mass is 381 g/mol. The normalized spacial score (nSPS) is 10.5. The van der Waals surface area contributed by atoms with E-state index in [9.17, 15) is 4.79 Å². The summed E-state index contributed by atoms with van der Waals surface area (Å²) >= 11 is 6.28. The second-order valence-electron chi connectivity index (χ2n) is 6.33. The Hall–Kier alpha value is -2.99. The summed E-state index contributed by atoms with van der Waals surface area (Å²) in [7, 11) is 0. The van der Waals surface area contributed by atoms with Crippen LogP contribution in [0, 0.1) is 20.8 Å². The van der Waals surface area contributed by atoms with Gasteiger partial charge >= 0.3 is 0 Å². The van der Waals surface area contributed by atoms with E-state index >= 15 is 0 Å². The lowest BCUT2D eigenvalue weighted by molar-refractivity contribution is 0.102. The predicted molar refractivity (Wildman–Crippen MR) is 107 cm³/mol. The van der Waals surface area contributed by atoms with Gasteiger partial charge < -0.3 is 10.6 Å². The first-order valence-corrected chi connectivity index (χ1v) is 8.87. The summed E-state index contributed by atoms with van der Waals surface area (Å²) in [5, 5.41) is 6.48. The second kappa shape index (κ2) is 8.14. The average Bonchev–Trinajstić information content (AvgIpc) is 2.63. The number of nitrogens with one attached hydrogen (secondary N) is 2. The van der Waals surface area contributed by atoms with Crippen molar-refractivity contribution in [1.82, 2.24) is 15.0 Å². The molecule has 3 rings (SSSR count). The van der Waals surface area contributed by atoms with E-state index in [4.69, 9.17) is 11.6 Å². The van der Waals surface area contributed by atoms with Crippen molar-refractivity contribution in [3.8, 4) is 0 Å². The molecule has 0 saturated heterocycles. The second-order valence-corrected chi connectivity index (χ2v) is 6.73. The van der Waals surface area contributed by atoms with Crippen LogP contribution in [0.5, 0.6) is 0 Å². The van der Waals surface area contributed by atoms with Crippen LogP contribution in [-0.4, -0.2) is 20.9 Å². The van der Waals surface area contributed by atoms with E-state index in [1.54, 1.807) is 18.5 Å². The van der Waals surface area contributed by atoms with Gasteiger partial charge in [0, 0.05) is 24.6 Å². The van der Waals surface area contributed by atoms with Gasteiger partial charge in [0.1, 0.15) is 5.69 Å². The van der Waals surface area contributed by atoms with E-state index in [-0.39, 0.29) is 11.6 Å². The third kappa shape index (κ3) is 4.80. The van der Waals surface area contributed by atoms with Gasteiger partial charge in [0.2, 0.25) is 5.95 Å². The van der Waals surface area contributed by atoms with Gasteiger partial charge in [-0.25, -0.2) is 9.97 Å². The van der Waals surface area contributed by atoms with E-state index in [1.165, 1.54) is 0 Å². The molecular weight excluding hydrogens is 362 g/mol. The molecule has 0 spiro atoms. The number of aromatic nitrogens is 3. The molecule has 0 aliphatic heterocycles. The summed E-state index contributed by atoms with van der Waals surface area (Å²) in [5.74, 6) is 0.0505. The summed E-state index contributed by atoms with van der Waals surface area (Å²) in [4.78, 5) is 25.4. The minimum absolute atomic E-state index is 0.271. The molecule has 2 N–H and O–H groups in total. The molecule has 0 aliphatic carbocycles. The van der Waals surface area contributed by atoms with Gasteiger partial charge in [0.15, 0.2) is 0 Å². The standard InChI is InChI=1S/C20H20ClN5O/c1-12-7-13(2)18(16(21)8-12)26-19(27)17-9-14(3)24-20(25-17)23-11-15-5-4-6-22-10-15/h4-10H,11H2,1-3H3,(H,26,27)(H,23,24,25). The van der Waals surface area contributed by atoms with E-state index in [2.05, 4.69) is 25.6 Å². The number of benzene rings is 1. The minimum atomic E-state index is -0.334. The third-order valence-corrected chi connectivity index (χ3v) is 4.23. The van der Waals surface area contributed by atoms with E-state index in [0.29, 0.717) is 28.9 Å². The fourth-order valence-electron chi connectivity index (χ4n) is 2.70. The fraction of sp³-hybridized carbons (Fsp3) is 0.200. The number of amides is 1. The zero-order valence-electron chi connectivity index (χ0n) is 15.4. The zero-order chi connectivity index (χ0) is 19.4. The Bertz CT molecular complexity index is 952. The van der Waals surface area contributed by atoms with Crippen molar-refractivity contribution in [3.05, 3.63) is 75.8 Å². The molecule has 0 bridgehead atoms. The third-order valence-electron chi connectivity index (χ3n) is 3.93. The molecule has 0 aliphatic rings. The lowest BCUT2D eigenvalue weighted by atomic mass is 10.1. The van der Waals surface area contributed by atoms with E-state index in [1.807, 2.05) is 45.0 Å². The van der Waals surface area contributed by atoms with Crippen molar-refractivity contribution >= 4 is 29.1 Å². The molecule has 138 valence electrons. The van der Waals surface area contributed by atoms with Crippen molar-refractivity contribution in [3.63, 3.8) is 0 Å². The van der Waals surface area contributed by atoms with Crippen molar-refractivity contribution < 1.29 is 4.79 Å². The number of hydrogen-bond acceptors (Lipinski definition) is 5. The van der Waals surface area contributed by atoms with E-state index < -0.39 is 0 Å². The molecule has 1 aromatic carbocycles. The first kappa shape index (κ1) is 18.8. The molecule has 27 heavy (non-hydrogen) atoms. The molecule has 2 heterocycles. The number of halogens is 1. The maximum Gasteiger partial charge on any atom is 0.274 e. The van der Waals surface area contributed by atoms with Crippen LogP contribution in [0.2, 0.25) is 5.02 Å². The quantitative estimate of drug-likeness (QED) is 0.688. The van der Waals surface area contributed by atoms with E-state index in [0.717, 1.165) is 16.7 Å². The molecule has 2 aromatic heterocycles. The maximum atomic E-state index is 12.7. The van der Waals surface area contributed by atoms with Gasteiger partial charge in [-0.15, -0.1) is 0 Å². The summed E-state index contributed by atoms with van der Waals surface area (Å²) in [6, 6.07) is 9.23. The first-order chi connectivity index (χ1) is 12.9. The number of aryl methyl sites for hydroxylation is 3. The average molecular weight is 382 g/mol. The smallest absolute Gasteiger partial charge is 0.274 e. The van der Waals surface area contributed by atoms with Crippen LogP contribution in [0.3, 0.4) is 0 Å². The van der Waals surface area contributed by atoms with Gasteiger partial charge in [0.05, 0.1) is 10.7 Å². The summed E-state index contributed by atoms with van der Waals surface area (Å²) in [6.45, 7) is 6.19. The number of carbonyl (C=O) groups excluding carboxylic acids is 1. The largest absolute Gasteiger partial charge is 0.350 e. The van der Waals surface area contributed by atoms with Gasteiger partial charge in [-0.2, -0.15) is 0 Å². The summed E-state index contributed by atoms with van der Waals surface area (Å²) < 4.78 is 0. The Morgan fingerprint density at radius 1 is 1.15 bits per heavy atom. The Balaban J connectivity index is 1.78. The molecular formula is C20H20ClN5O. The molecule has 7 heteroatoms. The van der Waals surface area contributed by atoms with Crippen molar-refractivity contribution in [2.24, 2.45) is 0 Å². The number of pyridine rings is 1. The number of nitrogens with zero attached hydrogens (tertiary/aromatic N) is 3. The van der Waals surface area contributed by atoms with Crippen LogP contribution >= 0.6 is 11.6 Å². The predicted octanol–water partition coefficient (Wildman–Crippen LogP) is 4.31. The lowest BCUT2D eigenvalue weighted by Crippen LogP contribution is -2.17. The number of anilines is 2. The van der Waals surface area contributed by atoms with Gasteiger partial charge in [0.25, 0.3) is 5.91 Å². The van der Waals surface area contributed by atoms with Crippen LogP contribution in [0.25, 0.3) is 0 Å². The van der Waals surface area contributed by atoms with Crippen LogP contribution in [0.1, 0.15) is 32.9 Å². The molecule has 6 nitrogen and oxygen atoms in total. The highest BCUT2D eigenvalue weighted by Gasteiger charge is 2.14. The molecule has 0 unspecified atom stereocenters. The topological polar surface area (TPSA) is 79.8 Å². The molecule has 0 fully saturated rings. The van der Waals surface area contributed by atoms with Crippen LogP contribution < -0.4 is 10.6 Å². The molecule has 3 aromatic rings. The van der Waals surface area contributed by atoms with Crippen molar-refractivity contribution in [2.75, 3.05) is 10.6 Å². The van der Waals surface area contributed by atoms with Crippen molar-refractivity contribution in [2.45, 2.75) is 27.3 Å². The first-order valence-electron chi connectivity index (χ1n) is 8.49. The van der Waals surface area contributed by atoms with Crippen LogP contribution in [0.4, 0.5) is 11.6 Å². The highest BCUT2D eigenvalue weighted by atomic mass is 35.5. The van der Waals surface area contributed by atoms with Crippen molar-refractivity contribution in [1.29, 1.82) is 0 Å². The number of hydrogen-bond donors (Lipinski definition) is 2. The molecule has 0 saturated carbocycles. The van der Waals surface area contributed by atoms with Crippen LogP contribution in [0.15, 0.2) is 42.7 Å². The molecule has 1 amide bonds.